The van der Waals surface area contributed by atoms with Gasteiger partial charge in [-0.15, -0.1) is 0 Å². The average Bonchev–Trinajstić information content (AvgIpc) is 3.71. The molecule has 3 aliphatic rings. The zero-order valence-corrected chi connectivity index (χ0v) is 26.7. The van der Waals surface area contributed by atoms with E-state index >= 15 is 0 Å². The number of furan rings is 1. The molecule has 11 heteroatoms. The Morgan fingerprint density at radius 3 is 2.44 bits per heavy atom. The highest BCUT2D eigenvalue weighted by atomic mass is 19.1. The fourth-order valence-corrected chi connectivity index (χ4v) is 7.57. The van der Waals surface area contributed by atoms with Crippen LogP contribution in [0.25, 0.3) is 11.0 Å². The van der Waals surface area contributed by atoms with Crippen LogP contribution in [0.2, 0.25) is 0 Å². The van der Waals surface area contributed by atoms with Crippen molar-refractivity contribution in [3.63, 3.8) is 0 Å². The molecule has 1 saturated heterocycles. The standard InChI is InChI=1S/C34H48FN3O7/c1-20(42-2)19-44-34(41)30-17-24-16-25(10-13-29(24)45-30)37-32(39)31-27(21-8-11-26(43-3)12-9-21)14-15-38(31)33(40)23-6-4-22(5-7-23)28(36)18-35/h10,13,16-17,20-23,26-28,31H,4-9,11-12,14-15,18-19,36H2,1-3H3,(H,37,39)/t20-,21?,22-,23-,26?,27+,28-,31+/m1/s1. The number of fused-ring (bicyclic) bond motifs is 1. The monoisotopic (exact) mass is 629 g/mol. The molecule has 45 heavy (non-hydrogen) atoms. The minimum Gasteiger partial charge on any atom is -0.457 e. The van der Waals surface area contributed by atoms with Crippen LogP contribution in [0.4, 0.5) is 10.1 Å². The third-order valence-corrected chi connectivity index (χ3v) is 10.4. The Labute approximate surface area is 264 Å². The Bertz CT molecular complexity index is 1320. The number of rotatable bonds is 11. The summed E-state index contributed by atoms with van der Waals surface area (Å²) in [6.07, 6.45) is 7.38. The van der Waals surface area contributed by atoms with Gasteiger partial charge in [0.25, 0.3) is 0 Å². The summed E-state index contributed by atoms with van der Waals surface area (Å²) in [5.74, 6) is -0.416. The highest BCUT2D eigenvalue weighted by Gasteiger charge is 2.47. The lowest BCUT2D eigenvalue weighted by atomic mass is 9.75. The van der Waals surface area contributed by atoms with Crippen molar-refractivity contribution in [2.75, 3.05) is 39.4 Å². The number of likely N-dealkylation sites (tertiary alicyclic amines) is 1. The van der Waals surface area contributed by atoms with Gasteiger partial charge in [-0.25, -0.2) is 9.18 Å². The fourth-order valence-electron chi connectivity index (χ4n) is 7.57. The van der Waals surface area contributed by atoms with Gasteiger partial charge in [0.15, 0.2) is 0 Å². The molecular formula is C34H48FN3O7. The Kier molecular flexibility index (Phi) is 11.1. The molecule has 2 amide bonds. The summed E-state index contributed by atoms with van der Waals surface area (Å²) in [6.45, 7) is 1.90. The van der Waals surface area contributed by atoms with Gasteiger partial charge >= 0.3 is 5.97 Å². The van der Waals surface area contributed by atoms with E-state index in [0.717, 1.165) is 44.9 Å². The number of anilines is 1. The number of carbonyl (C=O) groups is 3. The SMILES string of the molecule is COC1CCC([C@@H]2CCN(C(=O)[C@H]3CC[C@H]([C@H](N)CF)CC3)[C@@H]2C(=O)Nc2ccc3oc(C(=O)OC[C@@H](C)OC)cc3c2)CC1. The van der Waals surface area contributed by atoms with Gasteiger partial charge in [0.1, 0.15) is 24.9 Å². The Balaban J connectivity index is 1.31. The van der Waals surface area contributed by atoms with E-state index in [-0.39, 0.29) is 54.1 Å². The zero-order chi connectivity index (χ0) is 32.1. The fraction of sp³-hybridized carbons (Fsp3) is 0.676. The molecule has 2 heterocycles. The van der Waals surface area contributed by atoms with Gasteiger partial charge in [-0.3, -0.25) is 9.59 Å². The predicted octanol–water partition coefficient (Wildman–Crippen LogP) is 5.09. The molecule has 1 aliphatic heterocycles. The lowest BCUT2D eigenvalue weighted by Crippen LogP contribution is -2.50. The molecule has 2 aromatic rings. The molecule has 5 rings (SSSR count). The number of methoxy groups -OCH3 is 2. The topological polar surface area (TPSA) is 133 Å². The summed E-state index contributed by atoms with van der Waals surface area (Å²) in [5.41, 5.74) is 7.01. The summed E-state index contributed by atoms with van der Waals surface area (Å²) in [4.78, 5) is 42.3. The van der Waals surface area contributed by atoms with E-state index in [1.807, 2.05) is 4.90 Å². The van der Waals surface area contributed by atoms with E-state index in [4.69, 9.17) is 24.4 Å². The molecule has 0 bridgehead atoms. The number of carbonyl (C=O) groups excluding carboxylic acids is 3. The van der Waals surface area contributed by atoms with Crippen LogP contribution in [0.15, 0.2) is 28.7 Å². The van der Waals surface area contributed by atoms with Crippen molar-refractivity contribution in [3.8, 4) is 0 Å². The van der Waals surface area contributed by atoms with Crippen molar-refractivity contribution in [2.24, 2.45) is 29.4 Å². The Morgan fingerprint density at radius 2 is 1.78 bits per heavy atom. The second kappa shape index (κ2) is 15.0. The van der Waals surface area contributed by atoms with Gasteiger partial charge in [-0.1, -0.05) is 0 Å². The van der Waals surface area contributed by atoms with Crippen molar-refractivity contribution >= 4 is 34.4 Å². The Hall–Kier alpha value is -3.02. The quantitative estimate of drug-likeness (QED) is 0.329. The summed E-state index contributed by atoms with van der Waals surface area (Å²) in [5, 5.41) is 3.73. The maximum Gasteiger partial charge on any atom is 0.374 e. The lowest BCUT2D eigenvalue weighted by molar-refractivity contribution is -0.142. The van der Waals surface area contributed by atoms with Crippen molar-refractivity contribution in [3.05, 3.63) is 30.0 Å². The maximum atomic E-state index is 14.1. The van der Waals surface area contributed by atoms with E-state index in [1.54, 1.807) is 45.4 Å². The largest absolute Gasteiger partial charge is 0.457 e. The number of alkyl halides is 1. The molecule has 0 spiro atoms. The molecule has 0 unspecified atom stereocenters. The molecule has 4 atom stereocenters. The number of nitrogens with two attached hydrogens (primary N) is 1. The molecule has 248 valence electrons. The number of benzene rings is 1. The molecule has 1 aromatic heterocycles. The number of hydrogen-bond donors (Lipinski definition) is 2. The van der Waals surface area contributed by atoms with Gasteiger partial charge in [0.05, 0.1) is 12.2 Å². The maximum absolute atomic E-state index is 14.1. The smallest absolute Gasteiger partial charge is 0.374 e. The van der Waals surface area contributed by atoms with E-state index in [9.17, 15) is 18.8 Å². The van der Waals surface area contributed by atoms with Crippen molar-refractivity contribution in [1.29, 1.82) is 0 Å². The van der Waals surface area contributed by atoms with E-state index in [1.165, 1.54) is 0 Å². The number of halogens is 1. The minimum absolute atomic E-state index is 0.0201. The molecule has 3 fully saturated rings. The molecule has 2 aliphatic carbocycles. The van der Waals surface area contributed by atoms with Crippen LogP contribution in [-0.2, 0) is 23.8 Å². The number of ether oxygens (including phenoxy) is 3. The minimum atomic E-state index is -0.590. The molecule has 2 saturated carbocycles. The van der Waals surface area contributed by atoms with Gasteiger partial charge < -0.3 is 34.6 Å². The number of esters is 1. The predicted molar refractivity (Wildman–Crippen MR) is 167 cm³/mol. The van der Waals surface area contributed by atoms with Crippen molar-refractivity contribution in [1.82, 2.24) is 4.90 Å². The Morgan fingerprint density at radius 1 is 1.04 bits per heavy atom. The molecular weight excluding hydrogens is 581 g/mol. The second-order valence-electron chi connectivity index (χ2n) is 13.1. The van der Waals surface area contributed by atoms with Gasteiger partial charge in [0.2, 0.25) is 17.6 Å². The van der Waals surface area contributed by atoms with Crippen LogP contribution in [0.3, 0.4) is 0 Å². The van der Waals surface area contributed by atoms with Crippen molar-refractivity contribution in [2.45, 2.75) is 89.0 Å². The second-order valence-corrected chi connectivity index (χ2v) is 13.1. The molecule has 10 nitrogen and oxygen atoms in total. The number of amides is 2. The number of nitrogens with zero attached hydrogens (tertiary/aromatic N) is 1. The summed E-state index contributed by atoms with van der Waals surface area (Å²) >= 11 is 0. The van der Waals surface area contributed by atoms with Crippen LogP contribution < -0.4 is 11.1 Å². The number of hydrogen-bond acceptors (Lipinski definition) is 8. The highest BCUT2D eigenvalue weighted by molar-refractivity contribution is 6.00. The van der Waals surface area contributed by atoms with Crippen molar-refractivity contribution < 1.29 is 37.4 Å². The third-order valence-electron chi connectivity index (χ3n) is 10.4. The summed E-state index contributed by atoms with van der Waals surface area (Å²) in [7, 11) is 3.29. The van der Waals surface area contributed by atoms with Crippen LogP contribution in [0.5, 0.6) is 0 Å². The van der Waals surface area contributed by atoms with Gasteiger partial charge in [-0.2, -0.15) is 0 Å². The van der Waals surface area contributed by atoms with Crippen LogP contribution in [0.1, 0.15) is 75.3 Å². The van der Waals surface area contributed by atoms with E-state index in [2.05, 4.69) is 5.32 Å². The van der Waals surface area contributed by atoms with E-state index in [0.29, 0.717) is 42.0 Å². The van der Waals surface area contributed by atoms with Crippen LogP contribution >= 0.6 is 0 Å². The van der Waals surface area contributed by atoms with Gasteiger partial charge in [0, 0.05) is 43.8 Å². The normalized spacial score (nSPS) is 28.5. The molecule has 0 radical (unpaired) electrons. The van der Waals surface area contributed by atoms with Crippen LogP contribution in [0, 0.1) is 23.7 Å². The van der Waals surface area contributed by atoms with Crippen LogP contribution in [-0.4, -0.2) is 81.0 Å². The summed E-state index contributed by atoms with van der Waals surface area (Å²) in [6, 6.07) is 5.74. The average molecular weight is 630 g/mol. The highest BCUT2D eigenvalue weighted by Crippen LogP contribution is 2.42. The first-order valence-electron chi connectivity index (χ1n) is 16.4. The third kappa shape index (κ3) is 7.69. The lowest BCUT2D eigenvalue weighted by Gasteiger charge is -2.37. The first-order valence-corrected chi connectivity index (χ1v) is 16.4. The first kappa shape index (κ1) is 33.3. The molecule has 3 N–H and O–H groups in total. The number of nitrogens with one attached hydrogen (secondary N) is 1. The van der Waals surface area contributed by atoms with Gasteiger partial charge in [-0.05, 0) is 107 Å². The molecule has 1 aromatic carbocycles. The summed E-state index contributed by atoms with van der Waals surface area (Å²) < 4.78 is 34.8. The zero-order valence-electron chi connectivity index (χ0n) is 26.7. The van der Waals surface area contributed by atoms with E-state index < -0.39 is 24.7 Å². The first-order chi connectivity index (χ1) is 21.7.